The summed E-state index contributed by atoms with van der Waals surface area (Å²) in [5.41, 5.74) is 0.990. The van der Waals surface area contributed by atoms with Gasteiger partial charge in [-0.2, -0.15) is 0 Å². The Hall–Kier alpha value is -2.04. The van der Waals surface area contributed by atoms with Crippen molar-refractivity contribution in [3.05, 3.63) is 29.8 Å². The summed E-state index contributed by atoms with van der Waals surface area (Å²) in [4.78, 5) is 27.9. The fourth-order valence-corrected chi connectivity index (χ4v) is 2.81. The lowest BCUT2D eigenvalue weighted by Gasteiger charge is -2.26. The predicted molar refractivity (Wildman–Crippen MR) is 89.1 cm³/mol. The molecule has 1 saturated heterocycles. The molecule has 2 rings (SSSR count). The van der Waals surface area contributed by atoms with Gasteiger partial charge < -0.3 is 14.5 Å². The zero-order chi connectivity index (χ0) is 16.7. The fourth-order valence-electron chi connectivity index (χ4n) is 2.81. The van der Waals surface area contributed by atoms with Crippen LogP contribution in [0.1, 0.15) is 38.2 Å². The van der Waals surface area contributed by atoms with Crippen molar-refractivity contribution in [3.8, 4) is 5.75 Å². The zero-order valence-electron chi connectivity index (χ0n) is 14.1. The van der Waals surface area contributed by atoms with Crippen LogP contribution in [-0.4, -0.2) is 48.4 Å². The van der Waals surface area contributed by atoms with Crippen molar-refractivity contribution in [2.24, 2.45) is 0 Å². The Bertz CT molecular complexity index is 520. The van der Waals surface area contributed by atoms with Gasteiger partial charge in [-0.1, -0.05) is 25.0 Å². The summed E-state index contributed by atoms with van der Waals surface area (Å²) in [5.74, 6) is 0.753. The Labute approximate surface area is 138 Å². The van der Waals surface area contributed by atoms with Gasteiger partial charge in [0, 0.05) is 26.6 Å². The average Bonchev–Trinajstić information content (AvgIpc) is 2.84. The van der Waals surface area contributed by atoms with Gasteiger partial charge in [0.05, 0.1) is 7.11 Å². The number of nitrogens with zero attached hydrogens (tertiary/aromatic N) is 2. The van der Waals surface area contributed by atoms with Crippen LogP contribution in [0.25, 0.3) is 0 Å². The molecule has 1 aliphatic heterocycles. The molecule has 1 heterocycles. The number of amides is 2. The van der Waals surface area contributed by atoms with Crippen LogP contribution in [0.3, 0.4) is 0 Å². The average molecular weight is 318 g/mol. The number of ether oxygens (including phenoxy) is 1. The van der Waals surface area contributed by atoms with Crippen molar-refractivity contribution in [3.63, 3.8) is 0 Å². The minimum absolute atomic E-state index is 0.0515. The SMILES string of the molecule is COc1ccc(CN(CC(=O)N2CCCCCC2)C(C)=O)cc1. The molecular weight excluding hydrogens is 292 g/mol. The summed E-state index contributed by atoms with van der Waals surface area (Å²) in [5, 5.41) is 0. The molecule has 0 aliphatic carbocycles. The highest BCUT2D eigenvalue weighted by Crippen LogP contribution is 2.14. The molecule has 0 saturated carbocycles. The normalized spacial score (nSPS) is 15.0. The molecule has 5 heteroatoms. The molecule has 23 heavy (non-hydrogen) atoms. The molecule has 2 amide bonds. The number of rotatable bonds is 5. The smallest absolute Gasteiger partial charge is 0.242 e. The first-order valence-electron chi connectivity index (χ1n) is 8.26. The maximum Gasteiger partial charge on any atom is 0.242 e. The number of methoxy groups -OCH3 is 1. The van der Waals surface area contributed by atoms with Crippen LogP contribution >= 0.6 is 0 Å². The molecule has 1 aliphatic rings. The van der Waals surface area contributed by atoms with Crippen LogP contribution in [0.5, 0.6) is 5.75 Å². The van der Waals surface area contributed by atoms with Crippen molar-refractivity contribution in [1.29, 1.82) is 0 Å². The maximum atomic E-state index is 12.5. The summed E-state index contributed by atoms with van der Waals surface area (Å²) >= 11 is 0. The van der Waals surface area contributed by atoms with Gasteiger partial charge in [-0.15, -0.1) is 0 Å². The Morgan fingerprint density at radius 1 is 1.09 bits per heavy atom. The van der Waals surface area contributed by atoms with Gasteiger partial charge in [0.1, 0.15) is 12.3 Å². The van der Waals surface area contributed by atoms with Gasteiger partial charge in [-0.3, -0.25) is 9.59 Å². The van der Waals surface area contributed by atoms with Crippen molar-refractivity contribution in [1.82, 2.24) is 9.80 Å². The molecule has 126 valence electrons. The van der Waals surface area contributed by atoms with E-state index in [1.807, 2.05) is 29.2 Å². The minimum Gasteiger partial charge on any atom is -0.497 e. The number of likely N-dealkylation sites (tertiary alicyclic amines) is 1. The third kappa shape index (κ3) is 5.27. The van der Waals surface area contributed by atoms with E-state index < -0.39 is 0 Å². The number of carbonyl (C=O) groups excluding carboxylic acids is 2. The van der Waals surface area contributed by atoms with Gasteiger partial charge in [0.25, 0.3) is 0 Å². The Morgan fingerprint density at radius 3 is 2.22 bits per heavy atom. The van der Waals surface area contributed by atoms with E-state index in [1.165, 1.54) is 19.8 Å². The quantitative estimate of drug-likeness (QED) is 0.838. The van der Waals surface area contributed by atoms with E-state index in [0.29, 0.717) is 6.54 Å². The van der Waals surface area contributed by atoms with E-state index >= 15 is 0 Å². The molecule has 1 aromatic carbocycles. The van der Waals surface area contributed by atoms with Crippen molar-refractivity contribution in [2.75, 3.05) is 26.7 Å². The van der Waals surface area contributed by atoms with Crippen molar-refractivity contribution >= 4 is 11.8 Å². The minimum atomic E-state index is -0.0796. The second-order valence-corrected chi connectivity index (χ2v) is 6.02. The second-order valence-electron chi connectivity index (χ2n) is 6.02. The summed E-state index contributed by atoms with van der Waals surface area (Å²) < 4.78 is 5.14. The Kier molecular flexibility index (Phi) is 6.44. The van der Waals surface area contributed by atoms with Crippen molar-refractivity contribution in [2.45, 2.75) is 39.2 Å². The zero-order valence-corrected chi connectivity index (χ0v) is 14.1. The van der Waals surface area contributed by atoms with E-state index in [9.17, 15) is 9.59 Å². The van der Waals surface area contributed by atoms with Crippen LogP contribution in [0.4, 0.5) is 0 Å². The number of hydrogen-bond donors (Lipinski definition) is 0. The largest absolute Gasteiger partial charge is 0.497 e. The molecule has 1 fully saturated rings. The highest BCUT2D eigenvalue weighted by atomic mass is 16.5. The maximum absolute atomic E-state index is 12.5. The van der Waals surface area contributed by atoms with Crippen LogP contribution in [0, 0.1) is 0 Å². The molecule has 0 unspecified atom stereocenters. The molecule has 1 aromatic rings. The molecule has 0 spiro atoms. The molecule has 0 atom stereocenters. The summed E-state index contributed by atoms with van der Waals surface area (Å²) in [7, 11) is 1.62. The van der Waals surface area contributed by atoms with Gasteiger partial charge in [-0.05, 0) is 30.5 Å². The Balaban J connectivity index is 1.97. The number of benzene rings is 1. The molecule has 5 nitrogen and oxygen atoms in total. The van der Waals surface area contributed by atoms with E-state index in [1.54, 1.807) is 12.0 Å². The van der Waals surface area contributed by atoms with E-state index in [4.69, 9.17) is 4.74 Å². The standard InChI is InChI=1S/C18H26N2O3/c1-15(21)20(13-16-7-9-17(23-2)10-8-16)14-18(22)19-11-5-3-4-6-12-19/h7-10H,3-6,11-14H2,1-2H3. The van der Waals surface area contributed by atoms with E-state index in [-0.39, 0.29) is 18.4 Å². The monoisotopic (exact) mass is 318 g/mol. The number of hydrogen-bond acceptors (Lipinski definition) is 3. The van der Waals surface area contributed by atoms with Crippen molar-refractivity contribution < 1.29 is 14.3 Å². The third-order valence-corrected chi connectivity index (χ3v) is 4.26. The summed E-state index contributed by atoms with van der Waals surface area (Å²) in [6.45, 7) is 3.74. The highest BCUT2D eigenvalue weighted by Gasteiger charge is 2.20. The van der Waals surface area contributed by atoms with E-state index in [2.05, 4.69) is 0 Å². The van der Waals surface area contributed by atoms with Gasteiger partial charge in [0.2, 0.25) is 11.8 Å². The molecule has 0 aromatic heterocycles. The highest BCUT2D eigenvalue weighted by molar-refractivity contribution is 5.83. The summed E-state index contributed by atoms with van der Waals surface area (Å²) in [6.07, 6.45) is 4.49. The first kappa shape index (κ1) is 17.3. The fraction of sp³-hybridized carbons (Fsp3) is 0.556. The second kappa shape index (κ2) is 8.56. The first-order valence-corrected chi connectivity index (χ1v) is 8.26. The lowest BCUT2D eigenvalue weighted by molar-refractivity contribution is -0.139. The number of carbonyl (C=O) groups is 2. The first-order chi connectivity index (χ1) is 11.1. The van der Waals surface area contributed by atoms with Crippen LogP contribution in [0.15, 0.2) is 24.3 Å². The molecule has 0 radical (unpaired) electrons. The van der Waals surface area contributed by atoms with Crippen LogP contribution in [0.2, 0.25) is 0 Å². The van der Waals surface area contributed by atoms with Gasteiger partial charge in [-0.25, -0.2) is 0 Å². The van der Waals surface area contributed by atoms with Crippen LogP contribution < -0.4 is 4.74 Å². The predicted octanol–water partition coefficient (Wildman–Crippen LogP) is 2.45. The Morgan fingerprint density at radius 2 is 1.70 bits per heavy atom. The van der Waals surface area contributed by atoms with Crippen LogP contribution in [-0.2, 0) is 16.1 Å². The molecule has 0 bridgehead atoms. The van der Waals surface area contributed by atoms with E-state index in [0.717, 1.165) is 37.2 Å². The third-order valence-electron chi connectivity index (χ3n) is 4.26. The molecular formula is C18H26N2O3. The lowest BCUT2D eigenvalue weighted by atomic mass is 10.2. The van der Waals surface area contributed by atoms with Gasteiger partial charge >= 0.3 is 0 Å². The molecule has 0 N–H and O–H groups in total. The summed E-state index contributed by atoms with van der Waals surface area (Å²) in [6, 6.07) is 7.57. The lowest BCUT2D eigenvalue weighted by Crippen LogP contribution is -2.42. The van der Waals surface area contributed by atoms with Gasteiger partial charge in [0.15, 0.2) is 0 Å². The topological polar surface area (TPSA) is 49.9 Å².